The van der Waals surface area contributed by atoms with E-state index in [1.165, 1.54) is 27.8 Å². The number of aryl methyl sites for hydroxylation is 2. The summed E-state index contributed by atoms with van der Waals surface area (Å²) in [5, 5.41) is 0. The van der Waals surface area contributed by atoms with Crippen molar-refractivity contribution in [3.8, 4) is 5.75 Å². The molecule has 2 aromatic carbocycles. The minimum absolute atomic E-state index is 0.0541. The van der Waals surface area contributed by atoms with Crippen LogP contribution in [0.25, 0.3) is 0 Å². The van der Waals surface area contributed by atoms with Gasteiger partial charge < -0.3 is 4.74 Å². The maximum atomic E-state index is 5.51. The van der Waals surface area contributed by atoms with E-state index in [1.807, 2.05) is 0 Å². The lowest BCUT2D eigenvalue weighted by Crippen LogP contribution is -2.21. The molecule has 0 spiro atoms. The fraction of sp³-hybridized carbons (Fsp3) is 0.455. The van der Waals surface area contributed by atoms with Gasteiger partial charge >= 0.3 is 0 Å². The van der Waals surface area contributed by atoms with E-state index in [-0.39, 0.29) is 10.8 Å². The lowest BCUT2D eigenvalue weighted by molar-refractivity contribution is 0.410. The first-order chi connectivity index (χ1) is 10.6. The van der Waals surface area contributed by atoms with Crippen LogP contribution in [0.1, 0.15) is 62.4 Å². The highest BCUT2D eigenvalue weighted by atomic mass is 16.5. The smallest absolute Gasteiger partial charge is 0.122 e. The Morgan fingerprint density at radius 2 is 1.35 bits per heavy atom. The largest absolute Gasteiger partial charge is 0.496 e. The van der Waals surface area contributed by atoms with Crippen molar-refractivity contribution in [3.63, 3.8) is 0 Å². The van der Waals surface area contributed by atoms with Crippen LogP contribution >= 0.6 is 0 Å². The maximum Gasteiger partial charge on any atom is 0.122 e. The van der Waals surface area contributed by atoms with Crippen molar-refractivity contribution in [1.82, 2.24) is 0 Å². The first-order valence-electron chi connectivity index (χ1n) is 8.34. The van der Waals surface area contributed by atoms with E-state index in [0.29, 0.717) is 0 Å². The summed E-state index contributed by atoms with van der Waals surface area (Å²) in [6.45, 7) is 15.7. The monoisotopic (exact) mass is 310 g/mol. The third kappa shape index (κ3) is 3.44. The third-order valence-corrected chi connectivity index (χ3v) is 4.90. The van der Waals surface area contributed by atoms with Gasteiger partial charge in [0.1, 0.15) is 5.75 Å². The number of benzene rings is 2. The van der Waals surface area contributed by atoms with Gasteiger partial charge in [0.05, 0.1) is 7.11 Å². The van der Waals surface area contributed by atoms with Crippen molar-refractivity contribution in [2.45, 2.75) is 59.3 Å². The Balaban J connectivity index is 2.51. The summed E-state index contributed by atoms with van der Waals surface area (Å²) in [5.74, 6) is 0.958. The van der Waals surface area contributed by atoms with E-state index in [1.54, 1.807) is 7.11 Å². The minimum Gasteiger partial charge on any atom is -0.496 e. The normalized spacial score (nSPS) is 12.3. The summed E-state index contributed by atoms with van der Waals surface area (Å²) in [5.41, 5.74) is 6.69. The SMILES string of the molecule is COc1cc(C(C)(C)c2ccc(C(C)(C)C)cc2C)ccc1C. The van der Waals surface area contributed by atoms with Crippen molar-refractivity contribution in [1.29, 1.82) is 0 Å². The average molecular weight is 310 g/mol. The Labute approximate surface area is 141 Å². The molecule has 0 saturated carbocycles. The molecule has 1 nitrogen and oxygen atoms in total. The number of ether oxygens (including phenoxy) is 1. The molecule has 0 heterocycles. The van der Waals surface area contributed by atoms with E-state index in [4.69, 9.17) is 4.74 Å². The van der Waals surface area contributed by atoms with E-state index >= 15 is 0 Å². The molecule has 2 aromatic rings. The summed E-state index contributed by atoms with van der Waals surface area (Å²) in [6, 6.07) is 13.4. The summed E-state index contributed by atoms with van der Waals surface area (Å²) in [6.07, 6.45) is 0. The van der Waals surface area contributed by atoms with Gasteiger partial charge in [0.15, 0.2) is 0 Å². The van der Waals surface area contributed by atoms with Gasteiger partial charge in [-0.25, -0.2) is 0 Å². The van der Waals surface area contributed by atoms with Crippen molar-refractivity contribution >= 4 is 0 Å². The molecule has 0 aromatic heterocycles. The molecule has 0 unspecified atom stereocenters. The van der Waals surface area contributed by atoms with E-state index in [0.717, 1.165) is 5.75 Å². The highest BCUT2D eigenvalue weighted by Crippen LogP contribution is 2.37. The Kier molecular flexibility index (Phi) is 4.61. The summed E-state index contributed by atoms with van der Waals surface area (Å²) >= 11 is 0. The molecule has 0 aliphatic rings. The molecular formula is C22H30O. The first kappa shape index (κ1) is 17.6. The van der Waals surface area contributed by atoms with Gasteiger partial charge in [0, 0.05) is 5.41 Å². The summed E-state index contributed by atoms with van der Waals surface area (Å²) < 4.78 is 5.51. The molecule has 0 atom stereocenters. The fourth-order valence-corrected chi connectivity index (χ4v) is 3.20. The van der Waals surface area contributed by atoms with E-state index in [2.05, 4.69) is 84.9 Å². The average Bonchev–Trinajstić information content (AvgIpc) is 2.46. The molecule has 2 rings (SSSR count). The molecule has 0 bridgehead atoms. The Morgan fingerprint density at radius 1 is 0.739 bits per heavy atom. The van der Waals surface area contributed by atoms with Crippen molar-refractivity contribution < 1.29 is 4.74 Å². The Hall–Kier alpha value is -1.76. The molecular weight excluding hydrogens is 280 g/mol. The third-order valence-electron chi connectivity index (χ3n) is 4.90. The topological polar surface area (TPSA) is 9.23 Å². The molecule has 0 saturated heterocycles. The quantitative estimate of drug-likeness (QED) is 0.682. The van der Waals surface area contributed by atoms with Gasteiger partial charge in [-0.05, 0) is 53.1 Å². The standard InChI is InChI=1S/C22H30O/c1-15-9-10-18(14-20(15)23-8)22(6,7)19-12-11-17(13-16(19)2)21(3,4)5/h9-14H,1-8H3. The van der Waals surface area contributed by atoms with Gasteiger partial charge in [-0.2, -0.15) is 0 Å². The molecule has 0 fully saturated rings. The molecule has 0 amide bonds. The molecule has 0 radical (unpaired) electrons. The van der Waals surface area contributed by atoms with Gasteiger partial charge in [-0.3, -0.25) is 0 Å². The van der Waals surface area contributed by atoms with Crippen LogP contribution in [0.5, 0.6) is 5.75 Å². The molecule has 0 aliphatic heterocycles. The maximum absolute atomic E-state index is 5.51. The molecule has 0 N–H and O–H groups in total. The number of rotatable bonds is 3. The van der Waals surface area contributed by atoms with Crippen molar-refractivity contribution in [2.75, 3.05) is 7.11 Å². The zero-order valence-electron chi connectivity index (χ0n) is 15.9. The fourth-order valence-electron chi connectivity index (χ4n) is 3.20. The zero-order chi connectivity index (χ0) is 17.4. The second kappa shape index (κ2) is 6.03. The number of hydrogen-bond acceptors (Lipinski definition) is 1. The predicted octanol–water partition coefficient (Wildman–Crippen LogP) is 5.94. The van der Waals surface area contributed by atoms with E-state index in [9.17, 15) is 0 Å². The second-order valence-corrected chi connectivity index (χ2v) is 8.09. The molecule has 0 aliphatic carbocycles. The summed E-state index contributed by atoms with van der Waals surface area (Å²) in [7, 11) is 1.74. The molecule has 124 valence electrons. The van der Waals surface area contributed by atoms with Crippen LogP contribution in [0.15, 0.2) is 36.4 Å². The molecule has 1 heteroatoms. The highest BCUT2D eigenvalue weighted by molar-refractivity contribution is 5.48. The van der Waals surface area contributed by atoms with Gasteiger partial charge in [-0.15, -0.1) is 0 Å². The second-order valence-electron chi connectivity index (χ2n) is 8.09. The predicted molar refractivity (Wildman–Crippen MR) is 99.7 cm³/mol. The van der Waals surface area contributed by atoms with Crippen LogP contribution in [0.3, 0.4) is 0 Å². The lowest BCUT2D eigenvalue weighted by Gasteiger charge is -2.30. The highest BCUT2D eigenvalue weighted by Gasteiger charge is 2.26. The van der Waals surface area contributed by atoms with E-state index < -0.39 is 0 Å². The van der Waals surface area contributed by atoms with Crippen molar-refractivity contribution in [3.05, 3.63) is 64.2 Å². The Morgan fingerprint density at radius 3 is 1.87 bits per heavy atom. The van der Waals surface area contributed by atoms with Crippen LogP contribution in [0, 0.1) is 13.8 Å². The van der Waals surface area contributed by atoms with Crippen LogP contribution < -0.4 is 4.74 Å². The van der Waals surface area contributed by atoms with Crippen LogP contribution in [0.4, 0.5) is 0 Å². The number of methoxy groups -OCH3 is 1. The van der Waals surface area contributed by atoms with Gasteiger partial charge in [0.25, 0.3) is 0 Å². The lowest BCUT2D eigenvalue weighted by atomic mass is 9.74. The van der Waals surface area contributed by atoms with Crippen LogP contribution in [-0.2, 0) is 10.8 Å². The minimum atomic E-state index is -0.0541. The first-order valence-corrected chi connectivity index (χ1v) is 8.34. The molecule has 23 heavy (non-hydrogen) atoms. The number of hydrogen-bond donors (Lipinski definition) is 0. The van der Waals surface area contributed by atoms with Crippen LogP contribution in [-0.4, -0.2) is 7.11 Å². The summed E-state index contributed by atoms with van der Waals surface area (Å²) in [4.78, 5) is 0. The van der Waals surface area contributed by atoms with Gasteiger partial charge in [-0.1, -0.05) is 65.0 Å². The van der Waals surface area contributed by atoms with Crippen molar-refractivity contribution in [2.24, 2.45) is 0 Å². The van der Waals surface area contributed by atoms with Gasteiger partial charge in [0.2, 0.25) is 0 Å². The van der Waals surface area contributed by atoms with Crippen LogP contribution in [0.2, 0.25) is 0 Å². The zero-order valence-corrected chi connectivity index (χ0v) is 15.9. The Bertz CT molecular complexity index is 702.